The van der Waals surface area contributed by atoms with Crippen LogP contribution in [-0.2, 0) is 11.2 Å². The van der Waals surface area contributed by atoms with E-state index in [1.165, 1.54) is 24.1 Å². The number of esters is 1. The van der Waals surface area contributed by atoms with Crippen LogP contribution in [0.4, 0.5) is 4.39 Å². The number of rotatable bonds is 8. The van der Waals surface area contributed by atoms with Gasteiger partial charge in [0.2, 0.25) is 5.69 Å². The lowest BCUT2D eigenvalue weighted by atomic mass is 9.91. The molecule has 0 saturated heterocycles. The summed E-state index contributed by atoms with van der Waals surface area (Å²) in [5.41, 5.74) is 3.05. The maximum atomic E-state index is 14.3. The molecule has 0 radical (unpaired) electrons. The number of carbonyl (C=O) groups is 2. The zero-order valence-corrected chi connectivity index (χ0v) is 18.1. The fraction of sp³-hybridized carbons (Fsp3) is 0.292. The summed E-state index contributed by atoms with van der Waals surface area (Å²) in [6.45, 7) is 1.85. The zero-order valence-electron chi connectivity index (χ0n) is 17.3. The highest BCUT2D eigenvalue weighted by molar-refractivity contribution is 7.98. The van der Waals surface area contributed by atoms with E-state index in [9.17, 15) is 14.0 Å². The summed E-state index contributed by atoms with van der Waals surface area (Å²) < 4.78 is 24.2. The predicted octanol–water partition coefficient (Wildman–Crippen LogP) is 5.41. The van der Waals surface area contributed by atoms with E-state index in [4.69, 9.17) is 9.26 Å². The number of halogens is 1. The van der Waals surface area contributed by atoms with Gasteiger partial charge in [-0.1, -0.05) is 29.4 Å². The van der Waals surface area contributed by atoms with Gasteiger partial charge in [0.25, 0.3) is 0 Å². The molecule has 1 fully saturated rings. The van der Waals surface area contributed by atoms with E-state index < -0.39 is 5.97 Å². The Bertz CT molecular complexity index is 1140. The van der Waals surface area contributed by atoms with Gasteiger partial charge in [0.05, 0.1) is 12.2 Å². The Kier molecular flexibility index (Phi) is 6.23. The molecule has 31 heavy (non-hydrogen) atoms. The van der Waals surface area contributed by atoms with Gasteiger partial charge in [-0.2, -0.15) is 0 Å². The third-order valence-electron chi connectivity index (χ3n) is 5.34. The van der Waals surface area contributed by atoms with Crippen LogP contribution in [-0.4, -0.2) is 29.8 Å². The van der Waals surface area contributed by atoms with Gasteiger partial charge < -0.3 is 9.26 Å². The Morgan fingerprint density at radius 1 is 1.19 bits per heavy atom. The van der Waals surface area contributed by atoms with Gasteiger partial charge in [-0.15, -0.1) is 11.8 Å². The second kappa shape index (κ2) is 9.06. The number of hydrogen-bond donors (Lipinski definition) is 0. The fourth-order valence-corrected chi connectivity index (χ4v) is 4.31. The second-order valence-electron chi connectivity index (χ2n) is 7.43. The van der Waals surface area contributed by atoms with E-state index in [0.29, 0.717) is 22.8 Å². The second-order valence-corrected chi connectivity index (χ2v) is 8.24. The van der Waals surface area contributed by atoms with Crippen molar-refractivity contribution in [3.8, 4) is 0 Å². The largest absolute Gasteiger partial charge is 0.461 e. The molecule has 5 nitrogen and oxygen atoms in total. The van der Waals surface area contributed by atoms with E-state index in [0.717, 1.165) is 29.5 Å². The number of carbonyl (C=O) groups excluding carboxylic acids is 2. The van der Waals surface area contributed by atoms with Crippen LogP contribution >= 0.6 is 11.8 Å². The molecule has 7 heteroatoms. The number of ketones is 1. The molecule has 4 rings (SSSR count). The van der Waals surface area contributed by atoms with Crippen LogP contribution in [0, 0.1) is 5.82 Å². The molecule has 1 heterocycles. The molecule has 0 atom stereocenters. The molecule has 1 aliphatic carbocycles. The predicted molar refractivity (Wildman–Crippen MR) is 115 cm³/mol. The van der Waals surface area contributed by atoms with Crippen molar-refractivity contribution in [2.45, 2.75) is 37.0 Å². The van der Waals surface area contributed by atoms with Crippen molar-refractivity contribution in [3.63, 3.8) is 0 Å². The Labute approximate surface area is 184 Å². The van der Waals surface area contributed by atoms with Gasteiger partial charge >= 0.3 is 5.97 Å². The van der Waals surface area contributed by atoms with Crippen molar-refractivity contribution in [1.82, 2.24) is 5.16 Å². The minimum absolute atomic E-state index is 0.0666. The van der Waals surface area contributed by atoms with Crippen LogP contribution in [0.3, 0.4) is 0 Å². The maximum absolute atomic E-state index is 14.3. The first kappa shape index (κ1) is 21.3. The van der Waals surface area contributed by atoms with Crippen LogP contribution < -0.4 is 0 Å². The van der Waals surface area contributed by atoms with Gasteiger partial charge in [0, 0.05) is 10.5 Å². The highest BCUT2D eigenvalue weighted by atomic mass is 32.2. The minimum Gasteiger partial charge on any atom is -0.461 e. The molecule has 0 aliphatic heterocycles. The number of nitrogens with zero attached hydrogens (tertiary/aromatic N) is 1. The minimum atomic E-state index is -0.700. The van der Waals surface area contributed by atoms with E-state index in [1.54, 1.807) is 13.0 Å². The molecule has 1 saturated carbocycles. The summed E-state index contributed by atoms with van der Waals surface area (Å²) in [7, 11) is 0. The van der Waals surface area contributed by atoms with Gasteiger partial charge in [-0.05, 0) is 67.2 Å². The van der Waals surface area contributed by atoms with E-state index in [2.05, 4.69) is 5.16 Å². The monoisotopic (exact) mass is 439 g/mol. The summed E-state index contributed by atoms with van der Waals surface area (Å²) in [4.78, 5) is 26.2. The lowest BCUT2D eigenvalue weighted by molar-refractivity contribution is 0.0512. The average Bonchev–Trinajstić information content (AvgIpc) is 3.50. The summed E-state index contributed by atoms with van der Waals surface area (Å²) >= 11 is 1.34. The molecule has 3 aromatic rings. The van der Waals surface area contributed by atoms with Crippen LogP contribution in [0.1, 0.15) is 68.8 Å². The Balaban J connectivity index is 1.76. The van der Waals surface area contributed by atoms with E-state index >= 15 is 0 Å². The van der Waals surface area contributed by atoms with Crippen molar-refractivity contribution >= 4 is 23.5 Å². The fourth-order valence-electron chi connectivity index (χ4n) is 3.65. The number of thioether (sulfide) groups is 1. The van der Waals surface area contributed by atoms with Crippen molar-refractivity contribution < 1.29 is 23.2 Å². The highest BCUT2D eigenvalue weighted by Crippen LogP contribution is 2.41. The molecule has 0 amide bonds. The number of ether oxygens (including phenoxy) is 1. The molecular formula is C24H22FNO4S. The molecule has 0 N–H and O–H groups in total. The van der Waals surface area contributed by atoms with E-state index in [1.807, 2.05) is 30.5 Å². The molecular weight excluding hydrogens is 417 g/mol. The van der Waals surface area contributed by atoms with Gasteiger partial charge in [0.15, 0.2) is 5.78 Å². The van der Waals surface area contributed by atoms with Crippen LogP contribution in [0.5, 0.6) is 0 Å². The van der Waals surface area contributed by atoms with Crippen molar-refractivity contribution in [2.24, 2.45) is 0 Å². The van der Waals surface area contributed by atoms with E-state index in [-0.39, 0.29) is 29.5 Å². The number of benzene rings is 2. The van der Waals surface area contributed by atoms with Crippen LogP contribution in [0.15, 0.2) is 52.1 Å². The van der Waals surface area contributed by atoms with Gasteiger partial charge in [-0.3, -0.25) is 4.79 Å². The first-order chi connectivity index (χ1) is 15.0. The van der Waals surface area contributed by atoms with Gasteiger partial charge in [0.1, 0.15) is 12.1 Å². The van der Waals surface area contributed by atoms with Gasteiger partial charge in [-0.25, -0.2) is 9.18 Å². The lowest BCUT2D eigenvalue weighted by Crippen LogP contribution is -2.13. The molecule has 0 spiro atoms. The smallest absolute Gasteiger partial charge is 0.361 e. The Morgan fingerprint density at radius 3 is 2.71 bits per heavy atom. The number of hydrogen-bond acceptors (Lipinski definition) is 6. The lowest BCUT2D eigenvalue weighted by Gasteiger charge is -2.13. The SMILES string of the molecule is CCOC(=O)c1nocc1C(=O)c1cc(C2CC2)ccc1Cc1cccc(F)c1SC. The number of aromatic nitrogens is 1. The topological polar surface area (TPSA) is 69.4 Å². The quantitative estimate of drug-likeness (QED) is 0.265. The summed E-state index contributed by atoms with van der Waals surface area (Å²) in [6, 6.07) is 10.8. The van der Waals surface area contributed by atoms with Crippen molar-refractivity contribution in [3.05, 3.63) is 82.0 Å². The van der Waals surface area contributed by atoms with Crippen molar-refractivity contribution in [2.75, 3.05) is 12.9 Å². The first-order valence-corrected chi connectivity index (χ1v) is 11.4. The average molecular weight is 440 g/mol. The van der Waals surface area contributed by atoms with Crippen LogP contribution in [0.2, 0.25) is 0 Å². The summed E-state index contributed by atoms with van der Waals surface area (Å²) in [5.74, 6) is -0.891. The van der Waals surface area contributed by atoms with Crippen molar-refractivity contribution in [1.29, 1.82) is 0 Å². The van der Waals surface area contributed by atoms with Crippen LogP contribution in [0.25, 0.3) is 0 Å². The third kappa shape index (κ3) is 4.42. The molecule has 2 aromatic carbocycles. The highest BCUT2D eigenvalue weighted by Gasteiger charge is 2.29. The molecule has 1 aliphatic rings. The molecule has 160 valence electrons. The zero-order chi connectivity index (χ0) is 22.0. The maximum Gasteiger partial charge on any atom is 0.361 e. The standard InChI is InChI=1S/C24H22FNO4S/c1-3-29-24(28)21-19(13-30-26-21)22(27)18-12-15(14-7-8-14)9-10-16(18)11-17-5-4-6-20(25)23(17)31-2/h4-6,9-10,12-14H,3,7-8,11H2,1-2H3. The Hall–Kier alpha value is -2.93. The summed E-state index contributed by atoms with van der Waals surface area (Å²) in [5, 5.41) is 3.68. The molecule has 1 aromatic heterocycles. The summed E-state index contributed by atoms with van der Waals surface area (Å²) in [6.07, 6.45) is 5.58. The Morgan fingerprint density at radius 2 is 2.00 bits per heavy atom. The molecule has 0 unspecified atom stereocenters. The first-order valence-electron chi connectivity index (χ1n) is 10.1. The normalized spacial score (nSPS) is 13.3. The third-order valence-corrected chi connectivity index (χ3v) is 6.21. The molecule has 0 bridgehead atoms.